The molecule has 0 heterocycles. The first-order chi connectivity index (χ1) is 9.40. The van der Waals surface area contributed by atoms with Gasteiger partial charge in [0.15, 0.2) is 6.10 Å². The molecular formula is C11H13N3O6. The molecule has 0 saturated carbocycles. The van der Waals surface area contributed by atoms with Crippen LogP contribution in [0, 0.1) is 10.1 Å². The molecule has 0 bridgehead atoms. The lowest BCUT2D eigenvalue weighted by Gasteiger charge is -2.08. The third-order valence-electron chi connectivity index (χ3n) is 2.30. The summed E-state index contributed by atoms with van der Waals surface area (Å²) in [5.41, 5.74) is 0.0691. The van der Waals surface area contributed by atoms with Crippen LogP contribution in [-0.4, -0.2) is 39.8 Å². The van der Waals surface area contributed by atoms with Gasteiger partial charge in [-0.15, -0.1) is 0 Å². The topological polar surface area (TPSA) is 142 Å². The number of nitro benzene ring substituents is 1. The Morgan fingerprint density at radius 3 is 2.70 bits per heavy atom. The lowest BCUT2D eigenvalue weighted by molar-refractivity contribution is -0.384. The average Bonchev–Trinajstić information content (AvgIpc) is 2.38. The van der Waals surface area contributed by atoms with Gasteiger partial charge in [0.1, 0.15) is 0 Å². The van der Waals surface area contributed by atoms with Crippen LogP contribution in [0.1, 0.15) is 6.42 Å². The second-order valence-corrected chi connectivity index (χ2v) is 3.83. The summed E-state index contributed by atoms with van der Waals surface area (Å²) in [5.74, 6) is -1.37. The van der Waals surface area contributed by atoms with Crippen molar-refractivity contribution >= 4 is 23.4 Å². The Hall–Kier alpha value is -2.68. The lowest BCUT2D eigenvalue weighted by Crippen LogP contribution is -2.33. The van der Waals surface area contributed by atoms with Crippen molar-refractivity contribution in [2.75, 3.05) is 11.9 Å². The molecule has 20 heavy (non-hydrogen) atoms. The smallest absolute Gasteiger partial charge is 0.332 e. The van der Waals surface area contributed by atoms with E-state index in [-0.39, 0.29) is 24.3 Å². The quantitative estimate of drug-likeness (QED) is 0.443. The molecule has 0 aliphatic heterocycles. The number of nitrogens with one attached hydrogen (secondary N) is 2. The number of carbonyl (C=O) groups excluding carboxylic acids is 1. The largest absolute Gasteiger partial charge is 0.479 e. The second kappa shape index (κ2) is 7.04. The van der Waals surface area contributed by atoms with E-state index in [1.807, 2.05) is 0 Å². The van der Waals surface area contributed by atoms with E-state index in [4.69, 9.17) is 10.2 Å². The number of non-ortho nitro benzene ring substituents is 1. The van der Waals surface area contributed by atoms with Crippen molar-refractivity contribution in [1.29, 1.82) is 0 Å². The Balaban J connectivity index is 2.44. The molecule has 1 unspecified atom stereocenters. The summed E-state index contributed by atoms with van der Waals surface area (Å²) in [4.78, 5) is 31.7. The number of nitro groups is 1. The Morgan fingerprint density at radius 1 is 1.40 bits per heavy atom. The van der Waals surface area contributed by atoms with Crippen LogP contribution in [0.15, 0.2) is 24.3 Å². The zero-order valence-corrected chi connectivity index (χ0v) is 10.3. The number of rotatable bonds is 6. The van der Waals surface area contributed by atoms with Crippen LogP contribution in [-0.2, 0) is 4.79 Å². The highest BCUT2D eigenvalue weighted by Gasteiger charge is 2.13. The Morgan fingerprint density at radius 2 is 2.10 bits per heavy atom. The van der Waals surface area contributed by atoms with E-state index >= 15 is 0 Å². The maximum Gasteiger partial charge on any atom is 0.332 e. The zero-order valence-electron chi connectivity index (χ0n) is 10.3. The van der Waals surface area contributed by atoms with Crippen LogP contribution in [0.2, 0.25) is 0 Å². The summed E-state index contributed by atoms with van der Waals surface area (Å²) in [5, 5.41) is 32.6. The number of anilines is 1. The molecule has 9 heteroatoms. The average molecular weight is 283 g/mol. The fourth-order valence-corrected chi connectivity index (χ4v) is 1.32. The third kappa shape index (κ3) is 4.90. The minimum Gasteiger partial charge on any atom is -0.479 e. The standard InChI is InChI=1S/C11H13N3O6/c15-9(10(16)17)4-5-12-11(18)13-7-2-1-3-8(6-7)14(19)20/h1-3,6,9,15H,4-5H2,(H,16,17)(H2,12,13,18). The summed E-state index contributed by atoms with van der Waals surface area (Å²) >= 11 is 0. The van der Waals surface area contributed by atoms with Gasteiger partial charge in [-0.3, -0.25) is 10.1 Å². The van der Waals surface area contributed by atoms with Crippen molar-refractivity contribution in [3.05, 3.63) is 34.4 Å². The zero-order chi connectivity index (χ0) is 15.1. The van der Waals surface area contributed by atoms with Crippen LogP contribution >= 0.6 is 0 Å². The van der Waals surface area contributed by atoms with Crippen molar-refractivity contribution < 1.29 is 24.7 Å². The van der Waals surface area contributed by atoms with Gasteiger partial charge in [0.2, 0.25) is 0 Å². The minimum atomic E-state index is -1.55. The fraction of sp³-hybridized carbons (Fsp3) is 0.273. The fourth-order valence-electron chi connectivity index (χ4n) is 1.32. The van der Waals surface area contributed by atoms with Gasteiger partial charge in [-0.2, -0.15) is 0 Å². The number of carboxylic acids is 1. The first-order valence-electron chi connectivity index (χ1n) is 5.60. The number of carbonyl (C=O) groups is 2. The summed E-state index contributed by atoms with van der Waals surface area (Å²) in [7, 11) is 0. The van der Waals surface area contributed by atoms with Crippen LogP contribution < -0.4 is 10.6 Å². The third-order valence-corrected chi connectivity index (χ3v) is 2.30. The van der Waals surface area contributed by atoms with Crippen molar-refractivity contribution in [1.82, 2.24) is 5.32 Å². The predicted molar refractivity (Wildman–Crippen MR) is 68.4 cm³/mol. The maximum absolute atomic E-state index is 11.4. The van der Waals surface area contributed by atoms with Crippen LogP contribution in [0.5, 0.6) is 0 Å². The normalized spacial score (nSPS) is 11.4. The van der Waals surface area contributed by atoms with Gasteiger partial charge in [0.05, 0.1) is 4.92 Å². The number of carboxylic acid groups (broad SMARTS) is 1. The first-order valence-corrected chi connectivity index (χ1v) is 5.60. The summed E-state index contributed by atoms with van der Waals surface area (Å²) in [6.45, 7) is -0.0474. The van der Waals surface area contributed by atoms with Crippen LogP contribution in [0.25, 0.3) is 0 Å². The molecule has 0 aliphatic carbocycles. The summed E-state index contributed by atoms with van der Waals surface area (Å²) in [6, 6.07) is 4.71. The molecule has 0 fully saturated rings. The number of aliphatic hydroxyl groups excluding tert-OH is 1. The Labute approximate surface area is 113 Å². The van der Waals surface area contributed by atoms with Crippen molar-refractivity contribution in [3.63, 3.8) is 0 Å². The Bertz CT molecular complexity index is 519. The highest BCUT2D eigenvalue weighted by atomic mass is 16.6. The second-order valence-electron chi connectivity index (χ2n) is 3.83. The Kier molecular flexibility index (Phi) is 5.42. The molecule has 0 aromatic heterocycles. The minimum absolute atomic E-state index is 0.0474. The van der Waals surface area contributed by atoms with Gasteiger partial charge in [-0.05, 0) is 6.07 Å². The number of benzene rings is 1. The van der Waals surface area contributed by atoms with E-state index in [9.17, 15) is 19.7 Å². The van der Waals surface area contributed by atoms with E-state index in [2.05, 4.69) is 10.6 Å². The maximum atomic E-state index is 11.4. The number of aliphatic carboxylic acids is 1. The number of aliphatic hydroxyl groups is 1. The van der Waals surface area contributed by atoms with Crippen molar-refractivity contribution in [3.8, 4) is 0 Å². The number of urea groups is 1. The molecule has 1 atom stereocenters. The monoisotopic (exact) mass is 283 g/mol. The molecule has 108 valence electrons. The molecular weight excluding hydrogens is 270 g/mol. The molecule has 1 rings (SSSR count). The molecule has 0 spiro atoms. The van der Waals surface area contributed by atoms with E-state index < -0.39 is 23.0 Å². The lowest BCUT2D eigenvalue weighted by atomic mass is 10.2. The molecule has 2 amide bonds. The molecule has 4 N–H and O–H groups in total. The highest BCUT2D eigenvalue weighted by Crippen LogP contribution is 2.16. The highest BCUT2D eigenvalue weighted by molar-refractivity contribution is 5.89. The first kappa shape index (κ1) is 15.4. The number of hydrogen-bond donors (Lipinski definition) is 4. The van der Waals surface area contributed by atoms with E-state index in [0.29, 0.717) is 0 Å². The van der Waals surface area contributed by atoms with Gasteiger partial charge < -0.3 is 20.8 Å². The predicted octanol–water partition coefficient (Wildman–Crippen LogP) is 0.552. The summed E-state index contributed by atoms with van der Waals surface area (Å²) in [6.07, 6.45) is -1.69. The molecule has 1 aromatic carbocycles. The van der Waals surface area contributed by atoms with Gasteiger partial charge in [-0.1, -0.05) is 6.07 Å². The molecule has 1 aromatic rings. The number of nitrogens with zero attached hydrogens (tertiary/aromatic N) is 1. The van der Waals surface area contributed by atoms with E-state index in [0.717, 1.165) is 0 Å². The van der Waals surface area contributed by atoms with Crippen molar-refractivity contribution in [2.24, 2.45) is 0 Å². The number of amides is 2. The molecule has 0 radical (unpaired) electrons. The molecule has 0 saturated heterocycles. The van der Waals surface area contributed by atoms with Crippen LogP contribution in [0.3, 0.4) is 0 Å². The SMILES string of the molecule is O=C(NCCC(O)C(=O)O)Nc1cccc([N+](=O)[O-])c1. The summed E-state index contributed by atoms with van der Waals surface area (Å²) < 4.78 is 0. The van der Waals surface area contributed by atoms with Crippen LogP contribution in [0.4, 0.5) is 16.2 Å². The van der Waals surface area contributed by atoms with Gasteiger partial charge in [-0.25, -0.2) is 9.59 Å². The molecule has 9 nitrogen and oxygen atoms in total. The van der Waals surface area contributed by atoms with Crippen molar-refractivity contribution in [2.45, 2.75) is 12.5 Å². The van der Waals surface area contributed by atoms with Gasteiger partial charge in [0, 0.05) is 30.8 Å². The van der Waals surface area contributed by atoms with E-state index in [1.165, 1.54) is 24.3 Å². The molecule has 0 aliphatic rings. The number of hydrogen-bond acceptors (Lipinski definition) is 5. The van der Waals surface area contributed by atoms with Gasteiger partial charge in [0.25, 0.3) is 5.69 Å². The van der Waals surface area contributed by atoms with E-state index in [1.54, 1.807) is 0 Å². The van der Waals surface area contributed by atoms with Gasteiger partial charge >= 0.3 is 12.0 Å².